The number of carboxylic acid groups (broad SMARTS) is 1. The first-order chi connectivity index (χ1) is 13.0. The van der Waals surface area contributed by atoms with E-state index in [1.807, 2.05) is 31.9 Å². The highest BCUT2D eigenvalue weighted by Gasteiger charge is 2.16. The Kier molecular flexibility index (Phi) is 6.73. The number of benzene rings is 1. The van der Waals surface area contributed by atoms with Gasteiger partial charge in [-0.15, -0.1) is 0 Å². The van der Waals surface area contributed by atoms with Gasteiger partial charge >= 0.3 is 11.7 Å². The van der Waals surface area contributed by atoms with Crippen LogP contribution in [0.2, 0.25) is 5.02 Å². The number of fused-ring (bicyclic) bond motifs is 1. The zero-order valence-corrected chi connectivity index (χ0v) is 15.2. The molecule has 27 heavy (non-hydrogen) atoms. The van der Waals surface area contributed by atoms with Gasteiger partial charge in [-0.2, -0.15) is 0 Å². The highest BCUT2D eigenvalue weighted by Crippen LogP contribution is 2.32. The van der Waals surface area contributed by atoms with Crippen molar-refractivity contribution in [2.24, 2.45) is 0 Å². The van der Waals surface area contributed by atoms with E-state index in [9.17, 15) is 9.59 Å². The maximum Gasteiger partial charge on any atom is 0.419 e. The molecule has 0 amide bonds. The predicted octanol–water partition coefficient (Wildman–Crippen LogP) is 3.07. The largest absolute Gasteiger partial charge is 0.483 e. The summed E-state index contributed by atoms with van der Waals surface area (Å²) in [4.78, 5) is 34.9. The summed E-state index contributed by atoms with van der Waals surface area (Å²) in [5.74, 6) is -1.29. The van der Waals surface area contributed by atoms with E-state index in [0.29, 0.717) is 16.3 Å². The zero-order valence-electron chi connectivity index (χ0n) is 14.4. The predicted molar refractivity (Wildman–Crippen MR) is 98.1 cm³/mol. The molecule has 8 nitrogen and oxygen atoms in total. The number of carbonyl (C=O) groups excluding carboxylic acids is 1. The van der Waals surface area contributed by atoms with Gasteiger partial charge in [0.15, 0.2) is 5.58 Å². The van der Waals surface area contributed by atoms with Crippen LogP contribution in [0.15, 0.2) is 45.7 Å². The second-order valence-corrected chi connectivity index (χ2v) is 5.84. The van der Waals surface area contributed by atoms with Crippen LogP contribution in [0.25, 0.3) is 11.1 Å². The molecule has 2 heterocycles. The van der Waals surface area contributed by atoms with Gasteiger partial charge in [-0.1, -0.05) is 17.7 Å². The van der Waals surface area contributed by atoms with Crippen molar-refractivity contribution in [2.45, 2.75) is 26.0 Å². The molecule has 142 valence electrons. The van der Waals surface area contributed by atoms with Crippen LogP contribution in [0.4, 0.5) is 0 Å². The first-order valence-corrected chi connectivity index (χ1v) is 8.24. The normalized spacial score (nSPS) is 11.5. The number of rotatable bonds is 6. The Morgan fingerprint density at radius 1 is 1.41 bits per heavy atom. The summed E-state index contributed by atoms with van der Waals surface area (Å²) in [7, 11) is 0. The highest BCUT2D eigenvalue weighted by atomic mass is 35.5. The molecule has 0 fully saturated rings. The third-order valence-corrected chi connectivity index (χ3v) is 3.97. The summed E-state index contributed by atoms with van der Waals surface area (Å²) in [6.45, 7) is 3.83. The van der Waals surface area contributed by atoms with Crippen molar-refractivity contribution in [2.75, 3.05) is 0 Å². The third-order valence-electron chi connectivity index (χ3n) is 3.68. The maximum atomic E-state index is 11.9. The number of aryl methyl sites for hydroxylation is 1. The van der Waals surface area contributed by atoms with Crippen LogP contribution in [0.3, 0.4) is 0 Å². The molecule has 9 heteroatoms. The van der Waals surface area contributed by atoms with Gasteiger partial charge < -0.3 is 19.1 Å². The van der Waals surface area contributed by atoms with Crippen LogP contribution in [0.5, 0.6) is 5.75 Å². The fraction of sp³-hybridized carbons (Fsp3) is 0.222. The number of carboxylic acids is 1. The summed E-state index contributed by atoms with van der Waals surface area (Å²) in [5, 5.41) is 9.08. The third kappa shape index (κ3) is 4.73. The van der Waals surface area contributed by atoms with Crippen LogP contribution in [0, 0.1) is 0 Å². The lowest BCUT2D eigenvalue weighted by molar-refractivity contribution is -0.137. The van der Waals surface area contributed by atoms with Gasteiger partial charge in [0.1, 0.15) is 18.6 Å². The molecule has 1 atom stereocenters. The Bertz CT molecular complexity index is 983. The summed E-state index contributed by atoms with van der Waals surface area (Å²) in [5.41, 5.74) is 1.44. The van der Waals surface area contributed by atoms with Crippen LogP contribution >= 0.6 is 11.6 Å². The van der Waals surface area contributed by atoms with Gasteiger partial charge in [0.2, 0.25) is 0 Å². The van der Waals surface area contributed by atoms with Gasteiger partial charge in [-0.3, -0.25) is 14.3 Å². The number of hydrogen-bond acceptors (Lipinski definition) is 6. The monoisotopic (exact) mass is 392 g/mol. The van der Waals surface area contributed by atoms with Crippen LogP contribution in [-0.2, 0) is 16.1 Å². The summed E-state index contributed by atoms with van der Waals surface area (Å²) in [6, 6.07) is 8.55. The SMILES string of the molecule is C=O.C[C@@H](Oc1cc2oc(=O)n(CCC(=O)O)c2cc1Cl)c1ccccn1. The number of hydrogen-bond donors (Lipinski definition) is 1. The molecule has 0 radical (unpaired) electrons. The minimum absolute atomic E-state index is 0.00202. The van der Waals surface area contributed by atoms with Crippen molar-refractivity contribution in [3.63, 3.8) is 0 Å². The van der Waals surface area contributed by atoms with Crippen molar-refractivity contribution in [1.82, 2.24) is 9.55 Å². The zero-order chi connectivity index (χ0) is 20.0. The number of pyridine rings is 1. The van der Waals surface area contributed by atoms with Crippen molar-refractivity contribution in [3.05, 3.63) is 57.8 Å². The number of aromatic nitrogens is 2. The fourth-order valence-corrected chi connectivity index (χ4v) is 2.64. The van der Waals surface area contributed by atoms with Gasteiger partial charge in [0.25, 0.3) is 0 Å². The average molecular weight is 393 g/mol. The molecule has 2 aromatic heterocycles. The van der Waals surface area contributed by atoms with Crippen LogP contribution in [0.1, 0.15) is 25.1 Å². The van der Waals surface area contributed by atoms with Crippen molar-refractivity contribution in [3.8, 4) is 5.75 Å². The minimum Gasteiger partial charge on any atom is -0.483 e. The lowest BCUT2D eigenvalue weighted by Gasteiger charge is -2.15. The van der Waals surface area contributed by atoms with Gasteiger partial charge in [0.05, 0.1) is 22.7 Å². The van der Waals surface area contributed by atoms with E-state index >= 15 is 0 Å². The molecule has 0 unspecified atom stereocenters. The van der Waals surface area contributed by atoms with E-state index in [4.69, 9.17) is 30.7 Å². The number of carbonyl (C=O) groups is 2. The number of aliphatic carboxylic acids is 1. The first-order valence-electron chi connectivity index (χ1n) is 7.87. The van der Waals surface area contributed by atoms with E-state index in [1.165, 1.54) is 16.7 Å². The standard InChI is InChI=1S/C17H15ClN2O5.CH2O/c1-10(12-4-2-3-6-19-12)24-14-9-15-13(8-11(14)18)20(17(23)25-15)7-5-16(21)22;1-2/h2-4,6,8-10H,5,7H2,1H3,(H,21,22);1H2/t10-;/m1./s1. The summed E-state index contributed by atoms with van der Waals surface area (Å²) in [6.07, 6.45) is 1.12. The molecular weight excluding hydrogens is 376 g/mol. The lowest BCUT2D eigenvalue weighted by atomic mass is 10.2. The summed E-state index contributed by atoms with van der Waals surface area (Å²) >= 11 is 6.26. The minimum atomic E-state index is -1.00. The number of halogens is 1. The molecule has 1 N–H and O–H groups in total. The summed E-state index contributed by atoms with van der Waals surface area (Å²) < 4.78 is 12.2. The Labute approximate surface area is 159 Å². The van der Waals surface area contributed by atoms with Crippen molar-refractivity contribution in [1.29, 1.82) is 0 Å². The molecule has 1 aromatic carbocycles. The topological polar surface area (TPSA) is 112 Å². The quantitative estimate of drug-likeness (QED) is 0.685. The molecule has 0 bridgehead atoms. The molecule has 0 saturated heterocycles. The fourth-order valence-electron chi connectivity index (χ4n) is 2.44. The number of ether oxygens (including phenoxy) is 1. The van der Waals surface area contributed by atoms with Crippen LogP contribution in [-0.4, -0.2) is 27.4 Å². The number of nitrogens with zero attached hydrogens (tertiary/aromatic N) is 2. The van der Waals surface area contributed by atoms with E-state index in [1.54, 1.807) is 6.20 Å². The van der Waals surface area contributed by atoms with Crippen molar-refractivity contribution >= 4 is 35.5 Å². The maximum absolute atomic E-state index is 11.9. The van der Waals surface area contributed by atoms with Gasteiger partial charge in [-0.05, 0) is 25.1 Å². The highest BCUT2D eigenvalue weighted by molar-refractivity contribution is 6.32. The molecule has 0 spiro atoms. The lowest BCUT2D eigenvalue weighted by Crippen LogP contribution is -2.16. The average Bonchev–Trinajstić information content (AvgIpc) is 2.96. The number of oxazole rings is 1. The molecule has 3 rings (SSSR count). The Balaban J connectivity index is 0.00000126. The Morgan fingerprint density at radius 3 is 2.78 bits per heavy atom. The van der Waals surface area contributed by atoms with E-state index < -0.39 is 11.7 Å². The van der Waals surface area contributed by atoms with Gasteiger partial charge in [0, 0.05) is 18.8 Å². The van der Waals surface area contributed by atoms with E-state index in [-0.39, 0.29) is 24.7 Å². The molecule has 0 saturated carbocycles. The van der Waals surface area contributed by atoms with E-state index in [2.05, 4.69) is 4.98 Å². The van der Waals surface area contributed by atoms with Gasteiger partial charge in [-0.25, -0.2) is 4.79 Å². The Morgan fingerprint density at radius 2 is 2.15 bits per heavy atom. The molecule has 0 aliphatic carbocycles. The molecule has 3 aromatic rings. The van der Waals surface area contributed by atoms with Crippen molar-refractivity contribution < 1.29 is 23.8 Å². The second kappa shape index (κ2) is 9.00. The second-order valence-electron chi connectivity index (χ2n) is 5.43. The first kappa shape index (κ1) is 20.2. The Hall–Kier alpha value is -3.13. The molecular formula is C18H17ClN2O6. The molecule has 0 aliphatic rings. The van der Waals surface area contributed by atoms with Crippen LogP contribution < -0.4 is 10.5 Å². The smallest absolute Gasteiger partial charge is 0.419 e. The molecule has 0 aliphatic heterocycles. The van der Waals surface area contributed by atoms with E-state index in [0.717, 1.165) is 5.69 Å².